The summed E-state index contributed by atoms with van der Waals surface area (Å²) in [5.41, 5.74) is 6.76. The third kappa shape index (κ3) is 1.36. The molecule has 3 nitrogen and oxygen atoms in total. The maximum absolute atomic E-state index is 13.1. The molecule has 0 aromatic heterocycles. The predicted octanol–water partition coefficient (Wildman–Crippen LogP) is 1.62. The van der Waals surface area contributed by atoms with Crippen LogP contribution in [0.5, 0.6) is 5.75 Å². The van der Waals surface area contributed by atoms with Crippen LogP contribution >= 0.6 is 0 Å². The number of hydrogen-bond donors (Lipinski definition) is 1. The molecule has 0 saturated heterocycles. The van der Waals surface area contributed by atoms with Crippen LogP contribution in [0.1, 0.15) is 6.92 Å². The monoisotopic (exact) mass is 196 g/mol. The van der Waals surface area contributed by atoms with Crippen molar-refractivity contribution >= 4 is 11.4 Å². The molecule has 0 saturated carbocycles. The Labute approximate surface area is 82.3 Å². The minimum absolute atomic E-state index is 0.0836. The number of nitrogen functional groups attached to an aromatic ring is 1. The van der Waals surface area contributed by atoms with Crippen LogP contribution in [0.25, 0.3) is 0 Å². The Morgan fingerprint density at radius 2 is 2.29 bits per heavy atom. The molecule has 4 heteroatoms. The van der Waals surface area contributed by atoms with Crippen LogP contribution in [-0.4, -0.2) is 19.7 Å². The molecule has 0 aliphatic carbocycles. The van der Waals surface area contributed by atoms with Gasteiger partial charge in [-0.3, -0.25) is 0 Å². The van der Waals surface area contributed by atoms with Crippen molar-refractivity contribution in [2.45, 2.75) is 13.0 Å². The molecule has 2 rings (SSSR count). The summed E-state index contributed by atoms with van der Waals surface area (Å²) in [6.45, 7) is 2.71. The molecule has 14 heavy (non-hydrogen) atoms. The van der Waals surface area contributed by atoms with Crippen LogP contribution < -0.4 is 15.4 Å². The summed E-state index contributed by atoms with van der Waals surface area (Å²) >= 11 is 0. The third-order valence-electron chi connectivity index (χ3n) is 2.32. The van der Waals surface area contributed by atoms with E-state index in [1.807, 2.05) is 18.9 Å². The highest BCUT2D eigenvalue weighted by Crippen LogP contribution is 2.38. The highest BCUT2D eigenvalue weighted by molar-refractivity contribution is 5.71. The molecule has 0 radical (unpaired) electrons. The second-order valence-corrected chi connectivity index (χ2v) is 3.65. The van der Waals surface area contributed by atoms with E-state index < -0.39 is 0 Å². The minimum atomic E-state index is -0.328. The smallest absolute Gasteiger partial charge is 0.166 e. The zero-order chi connectivity index (χ0) is 10.3. The van der Waals surface area contributed by atoms with E-state index in [0.29, 0.717) is 11.4 Å². The Morgan fingerprint density at radius 3 is 3.00 bits per heavy atom. The molecule has 0 fully saturated rings. The van der Waals surface area contributed by atoms with E-state index in [1.165, 1.54) is 12.1 Å². The molecule has 2 N–H and O–H groups in total. The number of benzene rings is 1. The molecule has 76 valence electrons. The van der Waals surface area contributed by atoms with E-state index in [9.17, 15) is 4.39 Å². The summed E-state index contributed by atoms with van der Waals surface area (Å²) in [7, 11) is 1.90. The van der Waals surface area contributed by atoms with Crippen LogP contribution in [0, 0.1) is 5.82 Å². The van der Waals surface area contributed by atoms with Crippen molar-refractivity contribution in [1.82, 2.24) is 0 Å². The van der Waals surface area contributed by atoms with Crippen molar-refractivity contribution in [2.24, 2.45) is 0 Å². The van der Waals surface area contributed by atoms with Gasteiger partial charge in [0.15, 0.2) is 5.75 Å². The van der Waals surface area contributed by atoms with Gasteiger partial charge in [0.25, 0.3) is 0 Å². The molecule has 1 unspecified atom stereocenters. The number of nitrogens with zero attached hydrogens (tertiary/aromatic N) is 1. The molecule has 1 aliphatic rings. The maximum atomic E-state index is 13.1. The van der Waals surface area contributed by atoms with E-state index in [4.69, 9.17) is 10.5 Å². The largest absolute Gasteiger partial charge is 0.485 e. The van der Waals surface area contributed by atoms with Crippen LogP contribution in [0.15, 0.2) is 12.1 Å². The van der Waals surface area contributed by atoms with E-state index >= 15 is 0 Å². The predicted molar refractivity (Wildman–Crippen MR) is 54.2 cm³/mol. The van der Waals surface area contributed by atoms with Gasteiger partial charge in [0, 0.05) is 19.2 Å². The summed E-state index contributed by atoms with van der Waals surface area (Å²) in [5.74, 6) is 0.263. The Bertz CT molecular complexity index is 367. The van der Waals surface area contributed by atoms with Gasteiger partial charge in [0.05, 0.1) is 17.9 Å². The van der Waals surface area contributed by atoms with Gasteiger partial charge >= 0.3 is 0 Å². The number of anilines is 2. The summed E-state index contributed by atoms with van der Waals surface area (Å²) in [6, 6.07) is 2.72. The van der Waals surface area contributed by atoms with Gasteiger partial charge in [-0.25, -0.2) is 4.39 Å². The van der Waals surface area contributed by atoms with Crippen molar-refractivity contribution in [2.75, 3.05) is 24.2 Å². The Balaban J connectivity index is 2.53. The molecular weight excluding hydrogens is 183 g/mol. The summed E-state index contributed by atoms with van der Waals surface area (Å²) in [4.78, 5) is 1.95. The van der Waals surface area contributed by atoms with Crippen molar-refractivity contribution < 1.29 is 9.13 Å². The van der Waals surface area contributed by atoms with Crippen molar-refractivity contribution in [1.29, 1.82) is 0 Å². The third-order valence-corrected chi connectivity index (χ3v) is 2.32. The maximum Gasteiger partial charge on any atom is 0.166 e. The first kappa shape index (κ1) is 9.12. The Kier molecular flexibility index (Phi) is 1.98. The molecule has 0 bridgehead atoms. The Hall–Kier alpha value is -1.45. The van der Waals surface area contributed by atoms with Gasteiger partial charge < -0.3 is 15.4 Å². The van der Waals surface area contributed by atoms with Gasteiger partial charge in [0.2, 0.25) is 0 Å². The number of rotatable bonds is 0. The average Bonchev–Trinajstić information content (AvgIpc) is 2.07. The SMILES string of the molecule is CC1CN(C)c2cc(F)cc(N)c2O1. The van der Waals surface area contributed by atoms with Crippen LogP contribution in [-0.2, 0) is 0 Å². The second-order valence-electron chi connectivity index (χ2n) is 3.65. The van der Waals surface area contributed by atoms with Crippen LogP contribution in [0.4, 0.5) is 15.8 Å². The van der Waals surface area contributed by atoms with Gasteiger partial charge in [-0.15, -0.1) is 0 Å². The van der Waals surface area contributed by atoms with E-state index in [-0.39, 0.29) is 11.9 Å². The fraction of sp³-hybridized carbons (Fsp3) is 0.400. The van der Waals surface area contributed by atoms with E-state index in [2.05, 4.69) is 0 Å². The van der Waals surface area contributed by atoms with E-state index in [0.717, 1.165) is 12.2 Å². The highest BCUT2D eigenvalue weighted by atomic mass is 19.1. The first-order valence-corrected chi connectivity index (χ1v) is 4.54. The molecule has 0 spiro atoms. The van der Waals surface area contributed by atoms with Gasteiger partial charge in [0.1, 0.15) is 11.9 Å². The highest BCUT2D eigenvalue weighted by Gasteiger charge is 2.22. The lowest BCUT2D eigenvalue weighted by Gasteiger charge is -2.32. The summed E-state index contributed by atoms with van der Waals surface area (Å²) in [6.07, 6.45) is 0.0836. The normalized spacial score (nSPS) is 20.2. The Morgan fingerprint density at radius 1 is 1.57 bits per heavy atom. The summed E-state index contributed by atoms with van der Waals surface area (Å²) in [5, 5.41) is 0. The number of fused-ring (bicyclic) bond motifs is 1. The number of nitrogens with two attached hydrogens (primary N) is 1. The van der Waals surface area contributed by atoms with Crippen molar-refractivity contribution in [3.8, 4) is 5.75 Å². The van der Waals surface area contributed by atoms with Crippen molar-refractivity contribution in [3.63, 3.8) is 0 Å². The van der Waals surface area contributed by atoms with Crippen LogP contribution in [0.2, 0.25) is 0 Å². The van der Waals surface area contributed by atoms with Gasteiger partial charge in [-0.1, -0.05) is 0 Å². The first-order chi connectivity index (χ1) is 6.58. The number of halogens is 1. The second kappa shape index (κ2) is 3.04. The van der Waals surface area contributed by atoms with Crippen LogP contribution in [0.3, 0.4) is 0 Å². The lowest BCUT2D eigenvalue weighted by Crippen LogP contribution is -2.36. The number of ether oxygens (including phenoxy) is 1. The standard InChI is InChI=1S/C10H13FN2O/c1-6-5-13(2)9-4-7(11)3-8(12)10(9)14-6/h3-4,6H,5,12H2,1-2H3. The quantitative estimate of drug-likeness (QED) is 0.641. The molecule has 1 aliphatic heterocycles. The lowest BCUT2D eigenvalue weighted by molar-refractivity contribution is 0.216. The lowest BCUT2D eigenvalue weighted by atomic mass is 10.2. The first-order valence-electron chi connectivity index (χ1n) is 4.54. The molecule has 1 heterocycles. The fourth-order valence-corrected chi connectivity index (χ4v) is 1.73. The van der Waals surface area contributed by atoms with Crippen molar-refractivity contribution in [3.05, 3.63) is 17.9 Å². The number of likely N-dealkylation sites (N-methyl/N-ethyl adjacent to an activating group) is 1. The van der Waals surface area contributed by atoms with Gasteiger partial charge in [-0.05, 0) is 6.92 Å². The molecular formula is C10H13FN2O. The molecule has 1 aromatic carbocycles. The molecule has 1 aromatic rings. The fourth-order valence-electron chi connectivity index (χ4n) is 1.73. The topological polar surface area (TPSA) is 38.5 Å². The molecule has 0 amide bonds. The zero-order valence-electron chi connectivity index (χ0n) is 8.25. The summed E-state index contributed by atoms with van der Waals surface area (Å²) < 4.78 is 18.6. The number of hydrogen-bond acceptors (Lipinski definition) is 3. The van der Waals surface area contributed by atoms with E-state index in [1.54, 1.807) is 0 Å². The minimum Gasteiger partial charge on any atom is -0.485 e. The van der Waals surface area contributed by atoms with Gasteiger partial charge in [-0.2, -0.15) is 0 Å². The molecule has 1 atom stereocenters. The average molecular weight is 196 g/mol. The zero-order valence-corrected chi connectivity index (χ0v) is 8.25.